The lowest BCUT2D eigenvalue weighted by Crippen LogP contribution is -2.16. The molecule has 76 valence electrons. The van der Waals surface area contributed by atoms with Crippen molar-refractivity contribution in [1.29, 1.82) is 0 Å². The number of amides is 1. The number of aromatic nitrogens is 1. The lowest BCUT2D eigenvalue weighted by atomic mass is 10.2. The van der Waals surface area contributed by atoms with Crippen molar-refractivity contribution < 1.29 is 9.53 Å². The molecular weight excluding hydrogens is 216 g/mol. The van der Waals surface area contributed by atoms with Gasteiger partial charge in [0.15, 0.2) is 0 Å². The van der Waals surface area contributed by atoms with Crippen LogP contribution in [0.5, 0.6) is 5.75 Å². The predicted molar refractivity (Wildman–Crippen MR) is 57.0 cm³/mol. The number of carbonyl (C=O) groups is 1. The van der Waals surface area contributed by atoms with E-state index in [2.05, 4.69) is 4.98 Å². The van der Waals surface area contributed by atoms with Crippen LogP contribution in [0.1, 0.15) is 0 Å². The van der Waals surface area contributed by atoms with Crippen LogP contribution in [-0.2, 0) is 0 Å². The number of benzene rings is 1. The Morgan fingerprint density at radius 3 is 2.93 bits per heavy atom. The minimum atomic E-state index is -0.850. The molecule has 4 nitrogen and oxygen atoms in total. The van der Waals surface area contributed by atoms with E-state index in [9.17, 15) is 4.79 Å². The van der Waals surface area contributed by atoms with Crippen LogP contribution in [0, 0.1) is 0 Å². The van der Waals surface area contributed by atoms with Gasteiger partial charge in [0.2, 0.25) is 0 Å². The van der Waals surface area contributed by atoms with Gasteiger partial charge in [-0.2, -0.15) is 0 Å². The Morgan fingerprint density at radius 2 is 2.20 bits per heavy atom. The van der Waals surface area contributed by atoms with Crippen molar-refractivity contribution in [3.63, 3.8) is 0 Å². The Hall–Kier alpha value is -1.81. The maximum atomic E-state index is 10.6. The zero-order valence-corrected chi connectivity index (χ0v) is 8.36. The topological polar surface area (TPSA) is 65.2 Å². The number of halogens is 1. The van der Waals surface area contributed by atoms with Crippen LogP contribution in [0.4, 0.5) is 4.79 Å². The van der Waals surface area contributed by atoms with Gasteiger partial charge in [0.05, 0.1) is 5.52 Å². The summed E-state index contributed by atoms with van der Waals surface area (Å²) in [7, 11) is 0. The standard InChI is InChI=1S/C10H7ClN2O2/c11-6-1-2-7-8(5-6)13-4-3-9(7)15-10(12)14/h1-5H,(H2,12,14). The van der Waals surface area contributed by atoms with Gasteiger partial charge in [0.1, 0.15) is 5.75 Å². The van der Waals surface area contributed by atoms with Crippen molar-refractivity contribution in [3.8, 4) is 5.75 Å². The molecule has 1 aromatic heterocycles. The van der Waals surface area contributed by atoms with Crippen LogP contribution >= 0.6 is 11.6 Å². The van der Waals surface area contributed by atoms with Crippen molar-refractivity contribution in [2.24, 2.45) is 5.73 Å². The Kier molecular flexibility index (Phi) is 2.43. The van der Waals surface area contributed by atoms with Crippen LogP contribution in [0.3, 0.4) is 0 Å². The Balaban J connectivity index is 2.60. The minimum Gasteiger partial charge on any atom is -0.410 e. The summed E-state index contributed by atoms with van der Waals surface area (Å²) in [4.78, 5) is 14.7. The fraction of sp³-hybridized carbons (Fsp3) is 0. The van der Waals surface area contributed by atoms with Crippen molar-refractivity contribution in [2.45, 2.75) is 0 Å². The minimum absolute atomic E-state index is 0.379. The first-order valence-electron chi connectivity index (χ1n) is 4.18. The van der Waals surface area contributed by atoms with Crippen molar-refractivity contribution in [2.75, 3.05) is 0 Å². The molecule has 0 aliphatic rings. The molecule has 0 saturated carbocycles. The molecule has 0 unspecified atom stereocenters. The highest BCUT2D eigenvalue weighted by Gasteiger charge is 2.05. The quantitative estimate of drug-likeness (QED) is 0.806. The molecule has 1 aromatic carbocycles. The van der Waals surface area contributed by atoms with E-state index in [4.69, 9.17) is 22.1 Å². The second kappa shape index (κ2) is 3.74. The van der Waals surface area contributed by atoms with E-state index in [0.29, 0.717) is 21.7 Å². The normalized spacial score (nSPS) is 10.2. The molecule has 0 fully saturated rings. The van der Waals surface area contributed by atoms with Gasteiger partial charge in [-0.15, -0.1) is 0 Å². The summed E-state index contributed by atoms with van der Waals surface area (Å²) in [5, 5.41) is 1.27. The Morgan fingerprint density at radius 1 is 1.40 bits per heavy atom. The zero-order valence-electron chi connectivity index (χ0n) is 7.61. The number of nitrogens with two attached hydrogens (primary N) is 1. The summed E-state index contributed by atoms with van der Waals surface area (Å²) in [6.07, 6.45) is 0.675. The molecule has 1 amide bonds. The van der Waals surface area contributed by atoms with Crippen molar-refractivity contribution in [3.05, 3.63) is 35.5 Å². The van der Waals surface area contributed by atoms with Crippen LogP contribution in [-0.4, -0.2) is 11.1 Å². The van der Waals surface area contributed by atoms with E-state index in [1.54, 1.807) is 24.3 Å². The third-order valence-electron chi connectivity index (χ3n) is 1.88. The number of primary amides is 1. The van der Waals surface area contributed by atoms with Crippen LogP contribution < -0.4 is 10.5 Å². The summed E-state index contributed by atoms with van der Waals surface area (Å²) in [5.74, 6) is 0.379. The highest BCUT2D eigenvalue weighted by molar-refractivity contribution is 6.31. The Bertz CT molecular complexity index is 528. The Labute approximate surface area is 90.6 Å². The molecule has 0 bridgehead atoms. The second-order valence-corrected chi connectivity index (χ2v) is 3.33. The van der Waals surface area contributed by atoms with E-state index < -0.39 is 6.09 Å². The smallest absolute Gasteiger partial charge is 0.409 e. The molecule has 5 heteroatoms. The van der Waals surface area contributed by atoms with Crippen molar-refractivity contribution >= 4 is 28.6 Å². The van der Waals surface area contributed by atoms with E-state index in [1.807, 2.05) is 0 Å². The van der Waals surface area contributed by atoms with Crippen molar-refractivity contribution in [1.82, 2.24) is 4.98 Å². The predicted octanol–water partition coefficient (Wildman–Crippen LogP) is 2.35. The third-order valence-corrected chi connectivity index (χ3v) is 2.11. The van der Waals surface area contributed by atoms with Crippen LogP contribution in [0.15, 0.2) is 30.5 Å². The highest BCUT2D eigenvalue weighted by atomic mass is 35.5. The fourth-order valence-electron chi connectivity index (χ4n) is 1.29. The van der Waals surface area contributed by atoms with Gasteiger partial charge in [-0.1, -0.05) is 11.6 Å². The van der Waals surface area contributed by atoms with E-state index in [-0.39, 0.29) is 0 Å². The monoisotopic (exact) mass is 222 g/mol. The van der Waals surface area contributed by atoms with Gasteiger partial charge >= 0.3 is 6.09 Å². The van der Waals surface area contributed by atoms with Crippen LogP contribution in [0.25, 0.3) is 10.9 Å². The molecule has 2 N–H and O–H groups in total. The van der Waals surface area contributed by atoms with Gasteiger partial charge in [-0.05, 0) is 24.3 Å². The summed E-state index contributed by atoms with van der Waals surface area (Å²) >= 11 is 5.80. The number of hydrogen-bond acceptors (Lipinski definition) is 3. The first-order chi connectivity index (χ1) is 7.16. The molecule has 0 saturated heterocycles. The van der Waals surface area contributed by atoms with Gasteiger partial charge in [-0.25, -0.2) is 4.79 Å². The maximum absolute atomic E-state index is 10.6. The lowest BCUT2D eigenvalue weighted by molar-refractivity contribution is 0.211. The molecule has 0 aliphatic carbocycles. The molecule has 0 aliphatic heterocycles. The number of rotatable bonds is 1. The first kappa shape index (κ1) is 9.73. The number of pyridine rings is 1. The number of hydrogen-bond donors (Lipinski definition) is 1. The highest BCUT2D eigenvalue weighted by Crippen LogP contribution is 2.25. The second-order valence-electron chi connectivity index (χ2n) is 2.89. The SMILES string of the molecule is NC(=O)Oc1ccnc2cc(Cl)ccc12. The zero-order chi connectivity index (χ0) is 10.8. The average molecular weight is 223 g/mol. The fourth-order valence-corrected chi connectivity index (χ4v) is 1.46. The molecular formula is C10H7ClN2O2. The summed E-state index contributed by atoms with van der Waals surface area (Å²) in [6, 6.07) is 6.67. The molecule has 15 heavy (non-hydrogen) atoms. The number of fused-ring (bicyclic) bond motifs is 1. The number of ether oxygens (including phenoxy) is 1. The molecule has 0 atom stereocenters. The molecule has 0 radical (unpaired) electrons. The lowest BCUT2D eigenvalue weighted by Gasteiger charge is -2.04. The van der Waals surface area contributed by atoms with Gasteiger partial charge in [0.25, 0.3) is 0 Å². The van der Waals surface area contributed by atoms with Gasteiger partial charge < -0.3 is 10.5 Å². The summed E-state index contributed by atoms with van der Waals surface area (Å²) in [5.41, 5.74) is 5.59. The summed E-state index contributed by atoms with van der Waals surface area (Å²) in [6.45, 7) is 0. The first-order valence-corrected chi connectivity index (χ1v) is 4.56. The molecule has 1 heterocycles. The third kappa shape index (κ3) is 1.99. The molecule has 2 aromatic rings. The summed E-state index contributed by atoms with van der Waals surface area (Å²) < 4.78 is 4.82. The number of nitrogens with zero attached hydrogens (tertiary/aromatic N) is 1. The van der Waals surface area contributed by atoms with E-state index in [1.165, 1.54) is 6.20 Å². The van der Waals surface area contributed by atoms with Gasteiger partial charge in [0, 0.05) is 16.6 Å². The molecule has 0 spiro atoms. The van der Waals surface area contributed by atoms with Crippen LogP contribution in [0.2, 0.25) is 5.02 Å². The molecule has 2 rings (SSSR count). The number of carbonyl (C=O) groups excluding carboxylic acids is 1. The largest absolute Gasteiger partial charge is 0.410 e. The maximum Gasteiger partial charge on any atom is 0.409 e. The van der Waals surface area contributed by atoms with E-state index in [0.717, 1.165) is 0 Å². The van der Waals surface area contributed by atoms with E-state index >= 15 is 0 Å². The average Bonchev–Trinajstić information content (AvgIpc) is 2.16. The van der Waals surface area contributed by atoms with Gasteiger partial charge in [-0.3, -0.25) is 4.98 Å².